The number of carbonyl (C=O) groups excluding carboxylic acids is 1. The van der Waals surface area contributed by atoms with Crippen molar-refractivity contribution in [3.05, 3.63) is 57.1 Å². The van der Waals surface area contributed by atoms with Crippen LogP contribution in [-0.2, 0) is 18.0 Å². The second-order valence-electron chi connectivity index (χ2n) is 4.84. The minimum absolute atomic E-state index is 0.00384. The predicted molar refractivity (Wildman–Crippen MR) is 83.3 cm³/mol. The van der Waals surface area contributed by atoms with Crippen molar-refractivity contribution in [1.29, 1.82) is 0 Å². The Hall–Kier alpha value is -3.37. The fraction of sp³-hybridized carbons (Fsp3) is 0.133. The molecule has 2 aromatic rings. The van der Waals surface area contributed by atoms with Crippen molar-refractivity contribution < 1.29 is 35.0 Å². The van der Waals surface area contributed by atoms with Gasteiger partial charge in [-0.2, -0.15) is 0 Å². The van der Waals surface area contributed by atoms with Crippen LogP contribution in [0.25, 0.3) is 6.08 Å². The minimum Gasteiger partial charge on any atom is -0.492 e. The van der Waals surface area contributed by atoms with Crippen LogP contribution in [0.2, 0.25) is 0 Å². The minimum atomic E-state index is -1.02. The summed E-state index contributed by atoms with van der Waals surface area (Å²) in [4.78, 5) is 26.8. The highest BCUT2D eigenvalue weighted by atomic mass is 16.7. The maximum Gasteiger partial charge on any atom is 0.356 e. The molecule has 0 amide bonds. The van der Waals surface area contributed by atoms with E-state index in [9.17, 15) is 35.3 Å². The molecule has 0 unspecified atom stereocenters. The van der Waals surface area contributed by atoms with Crippen molar-refractivity contribution in [1.82, 2.24) is 4.73 Å². The van der Waals surface area contributed by atoms with Crippen LogP contribution in [0.1, 0.15) is 16.7 Å². The molecule has 10 nitrogen and oxygen atoms in total. The number of aliphatic hydroxyl groups excluding tert-OH is 2. The van der Waals surface area contributed by atoms with Crippen LogP contribution in [0.3, 0.4) is 0 Å². The van der Waals surface area contributed by atoms with E-state index in [-0.39, 0.29) is 22.4 Å². The lowest BCUT2D eigenvalue weighted by atomic mass is 10.0. The molecule has 0 bridgehead atoms. The van der Waals surface area contributed by atoms with Gasteiger partial charge in [0.2, 0.25) is 11.8 Å². The number of hydrogen-bond donors (Lipinski definition) is 4. The molecule has 0 radical (unpaired) electrons. The third-order valence-electron chi connectivity index (χ3n) is 3.26. The fourth-order valence-electron chi connectivity index (χ4n) is 2.05. The van der Waals surface area contributed by atoms with Crippen molar-refractivity contribution >= 4 is 17.7 Å². The van der Waals surface area contributed by atoms with E-state index in [2.05, 4.69) is 4.84 Å². The lowest BCUT2D eigenvalue weighted by molar-refractivity contribution is -0.385. The number of nitro benzene ring substituents is 1. The number of aromatic hydroxyl groups is 2. The standard InChI is InChI=1S/C15H14N2O8/c18-7-10-5-9(12(17(23)24)6-11(10)8-19)1-4-15(22)25-16-13(20)2-3-14(16)21/h1-6,18-21H,7-8H2. The predicted octanol–water partition coefficient (Wildman–Crippen LogP) is 0.461. The number of aromatic nitrogens is 1. The lowest BCUT2D eigenvalue weighted by Crippen LogP contribution is -2.16. The largest absolute Gasteiger partial charge is 0.492 e. The molecule has 10 heteroatoms. The van der Waals surface area contributed by atoms with Crippen LogP contribution < -0.4 is 4.84 Å². The van der Waals surface area contributed by atoms with E-state index in [4.69, 9.17) is 0 Å². The van der Waals surface area contributed by atoms with Crippen molar-refractivity contribution in [2.24, 2.45) is 0 Å². The molecule has 1 aromatic carbocycles. The molecule has 25 heavy (non-hydrogen) atoms. The number of nitro groups is 1. The van der Waals surface area contributed by atoms with Crippen LogP contribution >= 0.6 is 0 Å². The van der Waals surface area contributed by atoms with E-state index < -0.39 is 35.9 Å². The summed E-state index contributed by atoms with van der Waals surface area (Å²) in [6.07, 6.45) is 1.93. The molecular formula is C15H14N2O8. The van der Waals surface area contributed by atoms with Gasteiger partial charge in [0, 0.05) is 24.3 Å². The molecule has 0 aliphatic rings. The smallest absolute Gasteiger partial charge is 0.356 e. The molecule has 0 aliphatic heterocycles. The molecule has 2 rings (SSSR count). The molecule has 1 heterocycles. The first-order valence-corrected chi connectivity index (χ1v) is 6.89. The Kier molecular flexibility index (Phi) is 5.37. The van der Waals surface area contributed by atoms with Crippen LogP contribution in [0, 0.1) is 10.1 Å². The van der Waals surface area contributed by atoms with E-state index in [1.807, 2.05) is 0 Å². The second kappa shape index (κ2) is 7.47. The summed E-state index contributed by atoms with van der Waals surface area (Å²) in [5.74, 6) is -2.05. The Balaban J connectivity index is 2.30. The summed E-state index contributed by atoms with van der Waals surface area (Å²) in [5, 5.41) is 48.3. The molecule has 0 fully saturated rings. The molecule has 0 aliphatic carbocycles. The highest BCUT2D eigenvalue weighted by Crippen LogP contribution is 2.25. The zero-order valence-corrected chi connectivity index (χ0v) is 12.7. The number of rotatable bonds is 6. The number of benzene rings is 1. The van der Waals surface area contributed by atoms with Gasteiger partial charge < -0.3 is 25.3 Å². The maximum atomic E-state index is 11.7. The van der Waals surface area contributed by atoms with E-state index >= 15 is 0 Å². The van der Waals surface area contributed by atoms with Gasteiger partial charge in [-0.25, -0.2) is 4.79 Å². The zero-order valence-electron chi connectivity index (χ0n) is 12.7. The molecular weight excluding hydrogens is 336 g/mol. The van der Waals surface area contributed by atoms with Crippen LogP contribution in [0.15, 0.2) is 30.3 Å². The zero-order chi connectivity index (χ0) is 18.6. The van der Waals surface area contributed by atoms with Gasteiger partial charge in [0.25, 0.3) is 5.69 Å². The van der Waals surface area contributed by atoms with E-state index in [1.54, 1.807) is 0 Å². The van der Waals surface area contributed by atoms with Crippen LogP contribution in [0.4, 0.5) is 5.69 Å². The Bertz CT molecular complexity index is 821. The highest BCUT2D eigenvalue weighted by molar-refractivity contribution is 5.88. The molecule has 4 N–H and O–H groups in total. The van der Waals surface area contributed by atoms with Crippen molar-refractivity contribution in [3.8, 4) is 11.8 Å². The number of carbonyl (C=O) groups is 1. The van der Waals surface area contributed by atoms with E-state index in [0.717, 1.165) is 30.4 Å². The number of nitrogens with zero attached hydrogens (tertiary/aromatic N) is 2. The van der Waals surface area contributed by atoms with Gasteiger partial charge in [-0.1, -0.05) is 0 Å². The lowest BCUT2D eigenvalue weighted by Gasteiger charge is -2.07. The molecule has 0 spiro atoms. The summed E-state index contributed by atoms with van der Waals surface area (Å²) in [6, 6.07) is 4.55. The summed E-state index contributed by atoms with van der Waals surface area (Å²) >= 11 is 0. The van der Waals surface area contributed by atoms with E-state index in [1.165, 1.54) is 6.07 Å². The third kappa shape index (κ3) is 3.94. The average Bonchev–Trinajstić information content (AvgIpc) is 2.90. The third-order valence-corrected chi connectivity index (χ3v) is 3.26. The molecule has 0 saturated carbocycles. The second-order valence-corrected chi connectivity index (χ2v) is 4.84. The van der Waals surface area contributed by atoms with Gasteiger partial charge in [-0.3, -0.25) is 10.1 Å². The Morgan fingerprint density at radius 1 is 1.16 bits per heavy atom. The molecule has 1 aromatic heterocycles. The topological polar surface area (TPSA) is 155 Å². The maximum absolute atomic E-state index is 11.7. The van der Waals surface area contributed by atoms with Gasteiger partial charge >= 0.3 is 5.97 Å². The Morgan fingerprint density at radius 2 is 1.72 bits per heavy atom. The summed E-state index contributed by atoms with van der Waals surface area (Å²) in [7, 11) is 0. The van der Waals surface area contributed by atoms with Gasteiger partial charge in [0.15, 0.2) is 0 Å². The first-order chi connectivity index (χ1) is 11.9. The van der Waals surface area contributed by atoms with Crippen molar-refractivity contribution in [2.45, 2.75) is 13.2 Å². The normalized spacial score (nSPS) is 11.0. The fourth-order valence-corrected chi connectivity index (χ4v) is 2.05. The summed E-state index contributed by atoms with van der Waals surface area (Å²) in [6.45, 7) is -0.945. The van der Waals surface area contributed by atoms with Crippen molar-refractivity contribution in [3.63, 3.8) is 0 Å². The molecule has 0 atom stereocenters. The number of aliphatic hydroxyl groups is 2. The Labute approximate surface area is 140 Å². The van der Waals surface area contributed by atoms with Crippen LogP contribution in [0.5, 0.6) is 11.8 Å². The van der Waals surface area contributed by atoms with Gasteiger partial charge in [0.05, 0.1) is 23.7 Å². The van der Waals surface area contributed by atoms with Crippen LogP contribution in [-0.4, -0.2) is 36.0 Å². The van der Waals surface area contributed by atoms with Gasteiger partial charge in [-0.05, 0) is 23.3 Å². The van der Waals surface area contributed by atoms with Crippen molar-refractivity contribution in [2.75, 3.05) is 0 Å². The first kappa shape index (κ1) is 18.0. The SMILES string of the molecule is O=C(C=Cc1cc(CO)c(CO)cc1[N+](=O)[O-])On1c(O)ccc1O. The Morgan fingerprint density at radius 3 is 2.24 bits per heavy atom. The first-order valence-electron chi connectivity index (χ1n) is 6.89. The van der Waals surface area contributed by atoms with E-state index in [0.29, 0.717) is 4.73 Å². The van der Waals surface area contributed by atoms with Gasteiger partial charge in [-0.15, -0.1) is 4.73 Å². The monoisotopic (exact) mass is 350 g/mol. The quantitative estimate of drug-likeness (QED) is 0.333. The summed E-state index contributed by atoms with van der Waals surface area (Å²) in [5.41, 5.74) is 0.0824. The average molecular weight is 350 g/mol. The summed E-state index contributed by atoms with van der Waals surface area (Å²) < 4.78 is 0.467. The molecule has 132 valence electrons. The number of hydrogen-bond acceptors (Lipinski definition) is 8. The van der Waals surface area contributed by atoms with Gasteiger partial charge in [0.1, 0.15) is 0 Å². The highest BCUT2D eigenvalue weighted by Gasteiger charge is 2.17. The molecule has 0 saturated heterocycles.